The number of carbonyl (C=O) groups excluding carboxylic acids is 1. The first-order chi connectivity index (χ1) is 14.2. The van der Waals surface area contributed by atoms with Crippen LogP contribution in [0.25, 0.3) is 5.82 Å². The Bertz CT molecular complexity index is 1100. The van der Waals surface area contributed by atoms with E-state index in [4.69, 9.17) is 4.74 Å². The third kappa shape index (κ3) is 4.72. The average molecular weight is 390 g/mol. The number of carbonyl (C=O) groups is 1. The van der Waals surface area contributed by atoms with E-state index in [-0.39, 0.29) is 0 Å². The number of nitrogens with one attached hydrogen (secondary N) is 2. The number of halogens is 1. The molecule has 4 rings (SSSR count). The number of rotatable bonds is 5. The van der Waals surface area contributed by atoms with E-state index in [1.54, 1.807) is 65.6 Å². The van der Waals surface area contributed by atoms with Crippen LogP contribution >= 0.6 is 0 Å². The SMILES string of the molecule is O=C(Nc1ccc(Oc2ccc(-n3cccn3)nn2)cc1)Nc1cccc(F)c1. The van der Waals surface area contributed by atoms with Crippen molar-refractivity contribution in [2.24, 2.45) is 0 Å². The van der Waals surface area contributed by atoms with Gasteiger partial charge in [-0.15, -0.1) is 10.2 Å². The van der Waals surface area contributed by atoms with Gasteiger partial charge in [0, 0.05) is 29.8 Å². The normalized spacial score (nSPS) is 10.4. The Balaban J connectivity index is 1.34. The molecule has 0 fully saturated rings. The largest absolute Gasteiger partial charge is 0.438 e. The maximum Gasteiger partial charge on any atom is 0.323 e. The Hall–Kier alpha value is -4.27. The second kappa shape index (κ2) is 8.17. The number of urea groups is 1. The molecule has 0 saturated heterocycles. The standard InChI is InChI=1S/C20H15FN6O2/c21-14-3-1-4-16(13-14)24-20(28)23-15-5-7-17(8-6-15)29-19-10-9-18(25-26-19)27-12-2-11-22-27/h1-13H,(H2,23,24,28). The quantitative estimate of drug-likeness (QED) is 0.532. The maximum absolute atomic E-state index is 13.2. The number of hydrogen-bond donors (Lipinski definition) is 2. The van der Waals surface area contributed by atoms with Gasteiger partial charge in [0.25, 0.3) is 0 Å². The molecule has 2 heterocycles. The highest BCUT2D eigenvalue weighted by Gasteiger charge is 2.06. The second-order valence-electron chi connectivity index (χ2n) is 5.90. The molecule has 0 aliphatic heterocycles. The minimum absolute atomic E-state index is 0.325. The molecule has 0 spiro atoms. The molecule has 2 aromatic carbocycles. The predicted molar refractivity (Wildman–Crippen MR) is 105 cm³/mol. The zero-order valence-corrected chi connectivity index (χ0v) is 15.0. The molecular formula is C20H15FN6O2. The summed E-state index contributed by atoms with van der Waals surface area (Å²) in [6.07, 6.45) is 3.42. The molecule has 0 bridgehead atoms. The highest BCUT2D eigenvalue weighted by atomic mass is 19.1. The summed E-state index contributed by atoms with van der Waals surface area (Å²) in [6, 6.07) is 17.1. The zero-order chi connectivity index (χ0) is 20.1. The van der Waals surface area contributed by atoms with Gasteiger partial charge in [0.05, 0.1) is 0 Å². The van der Waals surface area contributed by atoms with E-state index < -0.39 is 11.8 Å². The van der Waals surface area contributed by atoms with E-state index in [9.17, 15) is 9.18 Å². The van der Waals surface area contributed by atoms with Crippen LogP contribution in [0.5, 0.6) is 11.6 Å². The summed E-state index contributed by atoms with van der Waals surface area (Å²) >= 11 is 0. The molecule has 9 heteroatoms. The van der Waals surface area contributed by atoms with Crippen LogP contribution in [0.15, 0.2) is 79.1 Å². The maximum atomic E-state index is 13.2. The second-order valence-corrected chi connectivity index (χ2v) is 5.90. The molecule has 0 saturated carbocycles. The Labute approximate surface area is 165 Å². The lowest BCUT2D eigenvalue weighted by molar-refractivity contribution is 0.262. The number of aromatic nitrogens is 4. The van der Waals surface area contributed by atoms with Crippen molar-refractivity contribution in [3.8, 4) is 17.4 Å². The summed E-state index contributed by atoms with van der Waals surface area (Å²) in [5, 5.41) is 17.4. The van der Waals surface area contributed by atoms with E-state index >= 15 is 0 Å². The molecule has 29 heavy (non-hydrogen) atoms. The molecule has 0 aliphatic carbocycles. The van der Waals surface area contributed by atoms with Gasteiger partial charge in [-0.25, -0.2) is 13.9 Å². The van der Waals surface area contributed by atoms with E-state index in [0.29, 0.717) is 28.8 Å². The van der Waals surface area contributed by atoms with Gasteiger partial charge in [-0.3, -0.25) is 0 Å². The van der Waals surface area contributed by atoms with Gasteiger partial charge in [0.1, 0.15) is 11.6 Å². The number of amides is 2. The number of anilines is 2. The summed E-state index contributed by atoms with van der Waals surface area (Å²) < 4.78 is 20.4. The van der Waals surface area contributed by atoms with Crippen molar-refractivity contribution in [1.29, 1.82) is 0 Å². The van der Waals surface area contributed by atoms with Crippen LogP contribution in [0, 0.1) is 5.82 Å². The van der Waals surface area contributed by atoms with Gasteiger partial charge in [-0.05, 0) is 54.6 Å². The van der Waals surface area contributed by atoms with Crippen molar-refractivity contribution < 1.29 is 13.9 Å². The summed E-state index contributed by atoms with van der Waals surface area (Å²) in [6.45, 7) is 0. The Morgan fingerprint density at radius 1 is 0.931 bits per heavy atom. The van der Waals surface area contributed by atoms with Crippen molar-refractivity contribution in [2.75, 3.05) is 10.6 Å². The molecule has 144 valence electrons. The van der Waals surface area contributed by atoms with E-state index in [0.717, 1.165) is 0 Å². The molecule has 0 atom stereocenters. The monoisotopic (exact) mass is 390 g/mol. The number of benzene rings is 2. The van der Waals surface area contributed by atoms with Gasteiger partial charge < -0.3 is 15.4 Å². The number of hydrogen-bond acceptors (Lipinski definition) is 5. The minimum atomic E-state index is -0.482. The van der Waals surface area contributed by atoms with Crippen LogP contribution in [0.3, 0.4) is 0 Å². The number of nitrogens with zero attached hydrogens (tertiary/aromatic N) is 4. The fourth-order valence-corrected chi connectivity index (χ4v) is 2.48. The first kappa shape index (κ1) is 18.1. The van der Waals surface area contributed by atoms with E-state index in [1.165, 1.54) is 18.2 Å². The molecule has 2 aromatic heterocycles. The first-order valence-corrected chi connectivity index (χ1v) is 8.61. The van der Waals surface area contributed by atoms with Gasteiger partial charge in [0.2, 0.25) is 5.88 Å². The van der Waals surface area contributed by atoms with Crippen molar-refractivity contribution in [3.63, 3.8) is 0 Å². The van der Waals surface area contributed by atoms with Crippen LogP contribution in [-0.4, -0.2) is 26.0 Å². The lowest BCUT2D eigenvalue weighted by atomic mass is 10.3. The highest BCUT2D eigenvalue weighted by molar-refractivity contribution is 5.99. The van der Waals surface area contributed by atoms with Crippen molar-refractivity contribution in [3.05, 3.63) is 84.9 Å². The van der Waals surface area contributed by atoms with Crippen molar-refractivity contribution in [1.82, 2.24) is 20.0 Å². The van der Waals surface area contributed by atoms with Crippen molar-refractivity contribution in [2.45, 2.75) is 0 Å². The van der Waals surface area contributed by atoms with Crippen LogP contribution in [0.4, 0.5) is 20.6 Å². The van der Waals surface area contributed by atoms with Gasteiger partial charge in [-0.2, -0.15) is 5.10 Å². The molecule has 2 N–H and O–H groups in total. The molecule has 8 nitrogen and oxygen atoms in total. The highest BCUT2D eigenvalue weighted by Crippen LogP contribution is 2.21. The Morgan fingerprint density at radius 3 is 2.45 bits per heavy atom. The molecule has 2 amide bonds. The molecule has 0 radical (unpaired) electrons. The first-order valence-electron chi connectivity index (χ1n) is 8.61. The van der Waals surface area contributed by atoms with Gasteiger partial charge in [0.15, 0.2) is 5.82 Å². The van der Waals surface area contributed by atoms with Crippen LogP contribution in [0.2, 0.25) is 0 Å². The third-order valence-electron chi connectivity index (χ3n) is 3.78. The summed E-state index contributed by atoms with van der Waals surface area (Å²) in [7, 11) is 0. The molecule has 0 unspecified atom stereocenters. The number of ether oxygens (including phenoxy) is 1. The predicted octanol–water partition coefficient (Wildman–Crippen LogP) is 4.24. The summed E-state index contributed by atoms with van der Waals surface area (Å²) in [4.78, 5) is 12.0. The van der Waals surface area contributed by atoms with Gasteiger partial charge >= 0.3 is 6.03 Å². The van der Waals surface area contributed by atoms with Crippen molar-refractivity contribution >= 4 is 17.4 Å². The van der Waals surface area contributed by atoms with Crippen LogP contribution in [0.1, 0.15) is 0 Å². The van der Waals surface area contributed by atoms with Crippen LogP contribution in [-0.2, 0) is 0 Å². The Morgan fingerprint density at radius 2 is 1.76 bits per heavy atom. The smallest absolute Gasteiger partial charge is 0.323 e. The summed E-state index contributed by atoms with van der Waals surface area (Å²) in [5.74, 6) is 1.00. The Kier molecular flexibility index (Phi) is 5.10. The molecule has 0 aliphatic rings. The zero-order valence-electron chi connectivity index (χ0n) is 15.0. The third-order valence-corrected chi connectivity index (χ3v) is 3.78. The fourth-order valence-electron chi connectivity index (χ4n) is 2.48. The lowest BCUT2D eigenvalue weighted by Gasteiger charge is -2.09. The molecule has 4 aromatic rings. The van der Waals surface area contributed by atoms with E-state index in [1.807, 2.05) is 0 Å². The topological polar surface area (TPSA) is 94.0 Å². The minimum Gasteiger partial charge on any atom is -0.438 e. The summed E-state index contributed by atoms with van der Waals surface area (Å²) in [5.41, 5.74) is 0.908. The van der Waals surface area contributed by atoms with Crippen LogP contribution < -0.4 is 15.4 Å². The lowest BCUT2D eigenvalue weighted by Crippen LogP contribution is -2.19. The average Bonchev–Trinajstić information content (AvgIpc) is 3.25. The molecular weight excluding hydrogens is 375 g/mol. The van der Waals surface area contributed by atoms with E-state index in [2.05, 4.69) is 25.9 Å². The fraction of sp³-hybridized carbons (Fsp3) is 0. The van der Waals surface area contributed by atoms with Gasteiger partial charge in [-0.1, -0.05) is 6.07 Å².